The smallest absolute Gasteiger partial charge is 0.131 e. The summed E-state index contributed by atoms with van der Waals surface area (Å²) in [6.07, 6.45) is 3.16. The van der Waals surface area contributed by atoms with E-state index < -0.39 is 0 Å². The molecule has 0 aromatic heterocycles. The molecule has 0 fully saturated rings. The molecule has 0 saturated carbocycles. The molecule has 1 aliphatic rings. The summed E-state index contributed by atoms with van der Waals surface area (Å²) in [5.41, 5.74) is 6.77. The van der Waals surface area contributed by atoms with Gasteiger partial charge in [0.1, 0.15) is 6.10 Å². The van der Waals surface area contributed by atoms with E-state index in [4.69, 9.17) is 4.84 Å². The average molecular weight is 265 g/mol. The van der Waals surface area contributed by atoms with Crippen molar-refractivity contribution in [3.05, 3.63) is 83.6 Å². The van der Waals surface area contributed by atoms with Crippen LogP contribution < -0.4 is 5.48 Å². The molecule has 0 saturated heterocycles. The maximum Gasteiger partial charge on any atom is 0.131 e. The van der Waals surface area contributed by atoms with Gasteiger partial charge < -0.3 is 0 Å². The first-order chi connectivity index (χ1) is 9.83. The molecule has 1 aliphatic heterocycles. The zero-order valence-corrected chi connectivity index (χ0v) is 11.6. The number of hydrogen-bond donors (Lipinski definition) is 1. The summed E-state index contributed by atoms with van der Waals surface area (Å²) in [5, 5.41) is 0. The van der Waals surface area contributed by atoms with Crippen LogP contribution in [0.2, 0.25) is 0 Å². The fraction of sp³-hybridized carbons (Fsp3) is 0.222. The van der Waals surface area contributed by atoms with Crippen LogP contribution in [0.4, 0.5) is 0 Å². The lowest BCUT2D eigenvalue weighted by molar-refractivity contribution is 0.0404. The summed E-state index contributed by atoms with van der Waals surface area (Å²) in [6, 6.07) is 20.9. The largest absolute Gasteiger partial charge is 0.270 e. The molecule has 1 heterocycles. The SMILES string of the molecule is CC(CC1=CC(c2ccccc2)ON1)c1ccccc1. The van der Waals surface area contributed by atoms with Gasteiger partial charge in [-0.2, -0.15) is 0 Å². The van der Waals surface area contributed by atoms with Gasteiger partial charge in [0.15, 0.2) is 0 Å². The fourth-order valence-electron chi connectivity index (χ4n) is 2.54. The molecule has 1 N–H and O–H groups in total. The Morgan fingerprint density at radius 2 is 1.65 bits per heavy atom. The fourth-order valence-corrected chi connectivity index (χ4v) is 2.54. The number of benzene rings is 2. The molecular formula is C18H19NO. The Morgan fingerprint density at radius 1 is 1.00 bits per heavy atom. The van der Waals surface area contributed by atoms with Crippen molar-refractivity contribution in [2.45, 2.75) is 25.4 Å². The standard InChI is InChI=1S/C18H19NO/c1-14(15-8-4-2-5-9-15)12-17-13-18(20-19-17)16-10-6-3-7-11-16/h2-11,13-14,18-19H,12H2,1H3. The predicted molar refractivity (Wildman–Crippen MR) is 81.0 cm³/mol. The van der Waals surface area contributed by atoms with E-state index >= 15 is 0 Å². The normalized spacial score (nSPS) is 19.2. The molecule has 0 radical (unpaired) electrons. The Bertz CT molecular complexity index is 577. The van der Waals surface area contributed by atoms with Gasteiger partial charge in [0.25, 0.3) is 0 Å². The van der Waals surface area contributed by atoms with Crippen LogP contribution >= 0.6 is 0 Å². The van der Waals surface area contributed by atoms with Crippen LogP contribution in [0.25, 0.3) is 0 Å². The highest BCUT2D eigenvalue weighted by Crippen LogP contribution is 2.29. The second kappa shape index (κ2) is 5.93. The van der Waals surface area contributed by atoms with Crippen molar-refractivity contribution in [1.29, 1.82) is 0 Å². The van der Waals surface area contributed by atoms with E-state index in [1.54, 1.807) is 0 Å². The second-order valence-electron chi connectivity index (χ2n) is 5.26. The van der Waals surface area contributed by atoms with Crippen LogP contribution in [-0.4, -0.2) is 0 Å². The van der Waals surface area contributed by atoms with Crippen LogP contribution in [0, 0.1) is 0 Å². The van der Waals surface area contributed by atoms with E-state index in [0.717, 1.165) is 12.1 Å². The van der Waals surface area contributed by atoms with E-state index in [1.807, 2.05) is 18.2 Å². The number of rotatable bonds is 4. The minimum Gasteiger partial charge on any atom is -0.270 e. The molecular weight excluding hydrogens is 246 g/mol. The lowest BCUT2D eigenvalue weighted by atomic mass is 9.96. The first kappa shape index (κ1) is 12.9. The molecule has 0 spiro atoms. The molecule has 102 valence electrons. The highest BCUT2D eigenvalue weighted by Gasteiger charge is 2.19. The summed E-state index contributed by atoms with van der Waals surface area (Å²) in [6.45, 7) is 2.24. The lowest BCUT2D eigenvalue weighted by Crippen LogP contribution is -2.10. The van der Waals surface area contributed by atoms with Gasteiger partial charge >= 0.3 is 0 Å². The second-order valence-corrected chi connectivity index (χ2v) is 5.26. The van der Waals surface area contributed by atoms with Crippen molar-refractivity contribution in [3.63, 3.8) is 0 Å². The van der Waals surface area contributed by atoms with Crippen LogP contribution in [0.1, 0.15) is 36.5 Å². The predicted octanol–water partition coefficient (Wildman–Crippen LogP) is 4.34. The van der Waals surface area contributed by atoms with Crippen LogP contribution in [0.5, 0.6) is 0 Å². The first-order valence-electron chi connectivity index (χ1n) is 7.05. The van der Waals surface area contributed by atoms with Crippen molar-refractivity contribution in [1.82, 2.24) is 5.48 Å². The molecule has 3 rings (SSSR count). The molecule has 2 unspecified atom stereocenters. The Labute approximate surface area is 120 Å². The van der Waals surface area contributed by atoms with Crippen LogP contribution in [0.15, 0.2) is 72.4 Å². The molecule has 2 atom stereocenters. The summed E-state index contributed by atoms with van der Waals surface area (Å²) in [4.78, 5) is 5.65. The maximum atomic E-state index is 5.65. The summed E-state index contributed by atoms with van der Waals surface area (Å²) in [7, 11) is 0. The molecule has 0 aliphatic carbocycles. The third-order valence-electron chi connectivity index (χ3n) is 3.69. The topological polar surface area (TPSA) is 21.3 Å². The zero-order valence-electron chi connectivity index (χ0n) is 11.6. The van der Waals surface area contributed by atoms with E-state index in [2.05, 4.69) is 60.9 Å². The quantitative estimate of drug-likeness (QED) is 0.888. The summed E-state index contributed by atoms with van der Waals surface area (Å²) < 4.78 is 0. The van der Waals surface area contributed by atoms with Crippen molar-refractivity contribution >= 4 is 0 Å². The number of nitrogens with one attached hydrogen (secondary N) is 1. The summed E-state index contributed by atoms with van der Waals surface area (Å²) >= 11 is 0. The van der Waals surface area contributed by atoms with Gasteiger partial charge in [-0.1, -0.05) is 67.6 Å². The lowest BCUT2D eigenvalue weighted by Gasteiger charge is -2.12. The monoisotopic (exact) mass is 265 g/mol. The van der Waals surface area contributed by atoms with Gasteiger partial charge in [-0.3, -0.25) is 10.3 Å². The first-order valence-corrected chi connectivity index (χ1v) is 7.05. The third-order valence-corrected chi connectivity index (χ3v) is 3.69. The molecule has 0 bridgehead atoms. The number of allylic oxidation sites excluding steroid dienone is 1. The Balaban J connectivity index is 1.67. The molecule has 0 amide bonds. The van der Waals surface area contributed by atoms with Crippen molar-refractivity contribution in [2.75, 3.05) is 0 Å². The van der Waals surface area contributed by atoms with E-state index in [0.29, 0.717) is 5.92 Å². The minimum atomic E-state index is 0.0224. The van der Waals surface area contributed by atoms with Gasteiger partial charge in [0.05, 0.1) is 0 Å². The van der Waals surface area contributed by atoms with Gasteiger partial charge in [-0.15, -0.1) is 0 Å². The molecule has 2 aromatic rings. The highest BCUT2D eigenvalue weighted by atomic mass is 16.7. The number of hydroxylamine groups is 1. The molecule has 2 heteroatoms. The van der Waals surface area contributed by atoms with Crippen LogP contribution in [-0.2, 0) is 4.84 Å². The molecule has 2 nitrogen and oxygen atoms in total. The van der Waals surface area contributed by atoms with Crippen molar-refractivity contribution in [2.24, 2.45) is 0 Å². The Morgan fingerprint density at radius 3 is 2.35 bits per heavy atom. The Hall–Kier alpha value is -2.06. The van der Waals surface area contributed by atoms with Crippen molar-refractivity contribution in [3.8, 4) is 0 Å². The van der Waals surface area contributed by atoms with Gasteiger partial charge in [-0.25, -0.2) is 0 Å². The molecule has 2 aromatic carbocycles. The van der Waals surface area contributed by atoms with E-state index in [9.17, 15) is 0 Å². The average Bonchev–Trinajstić information content (AvgIpc) is 2.97. The van der Waals surface area contributed by atoms with Crippen molar-refractivity contribution < 1.29 is 4.84 Å². The number of hydrogen-bond acceptors (Lipinski definition) is 2. The maximum absolute atomic E-state index is 5.65. The molecule has 20 heavy (non-hydrogen) atoms. The van der Waals surface area contributed by atoms with Crippen LogP contribution in [0.3, 0.4) is 0 Å². The van der Waals surface area contributed by atoms with E-state index in [-0.39, 0.29) is 6.10 Å². The van der Waals surface area contributed by atoms with E-state index in [1.165, 1.54) is 11.1 Å². The minimum absolute atomic E-state index is 0.0224. The Kier molecular flexibility index (Phi) is 3.84. The summed E-state index contributed by atoms with van der Waals surface area (Å²) in [5.74, 6) is 0.480. The third kappa shape index (κ3) is 2.91. The zero-order chi connectivity index (χ0) is 13.8. The van der Waals surface area contributed by atoms with Gasteiger partial charge in [0, 0.05) is 5.70 Å². The van der Waals surface area contributed by atoms with Gasteiger partial charge in [0.2, 0.25) is 0 Å². The van der Waals surface area contributed by atoms with Gasteiger partial charge in [-0.05, 0) is 29.5 Å². The highest BCUT2D eigenvalue weighted by molar-refractivity contribution is 5.26.